The van der Waals surface area contributed by atoms with Gasteiger partial charge in [0, 0.05) is 29.8 Å². The minimum atomic E-state index is -4.12. The highest BCUT2D eigenvalue weighted by molar-refractivity contribution is 7.89. The molecule has 5 rings (SSSR count). The molecule has 1 aliphatic rings. The highest BCUT2D eigenvalue weighted by Crippen LogP contribution is 2.28. The molecule has 33 heavy (non-hydrogen) atoms. The van der Waals surface area contributed by atoms with Crippen molar-refractivity contribution in [3.63, 3.8) is 0 Å². The Balaban J connectivity index is 1.64. The van der Waals surface area contributed by atoms with E-state index in [9.17, 15) is 13.2 Å². The Morgan fingerprint density at radius 2 is 1.61 bits per heavy atom. The van der Waals surface area contributed by atoms with E-state index in [0.29, 0.717) is 22.3 Å². The standard InChI is InChI=1S/C25H20N4O3S/c1-29-20-14-6-5-13-19(20)22(17-9-3-2-4-10-17)27-24(25(29)30)28-33(31,32)21-15-7-11-18-12-8-16-26-23(18)21/h2-16,24,28H,1H3. The first kappa shape index (κ1) is 21.0. The number of rotatable bonds is 4. The molecule has 1 aromatic heterocycles. The maximum atomic E-state index is 13.4. The van der Waals surface area contributed by atoms with Crippen LogP contribution >= 0.6 is 0 Å². The molecule has 0 spiro atoms. The predicted octanol–water partition coefficient (Wildman–Crippen LogP) is 3.35. The van der Waals surface area contributed by atoms with Gasteiger partial charge in [-0.15, -0.1) is 0 Å². The largest absolute Gasteiger partial charge is 0.312 e. The summed E-state index contributed by atoms with van der Waals surface area (Å²) in [5, 5.41) is 0.686. The highest BCUT2D eigenvalue weighted by atomic mass is 32.2. The minimum Gasteiger partial charge on any atom is -0.312 e. The number of fused-ring (bicyclic) bond motifs is 2. The van der Waals surface area contributed by atoms with Gasteiger partial charge in [0.25, 0.3) is 5.91 Å². The van der Waals surface area contributed by atoms with Gasteiger partial charge in [-0.3, -0.25) is 14.8 Å². The fourth-order valence-corrected chi connectivity index (χ4v) is 5.19. The molecule has 4 aromatic rings. The Hall–Kier alpha value is -3.88. The van der Waals surface area contributed by atoms with Crippen molar-refractivity contribution < 1.29 is 13.2 Å². The maximum absolute atomic E-state index is 13.4. The number of pyridine rings is 1. The second-order valence-corrected chi connectivity index (χ2v) is 9.30. The summed E-state index contributed by atoms with van der Waals surface area (Å²) in [7, 11) is -2.50. The maximum Gasteiger partial charge on any atom is 0.267 e. The molecule has 1 N–H and O–H groups in total. The van der Waals surface area contributed by atoms with Crippen LogP contribution in [-0.2, 0) is 14.8 Å². The van der Waals surface area contributed by atoms with Gasteiger partial charge in [-0.1, -0.05) is 66.7 Å². The number of hydrogen-bond donors (Lipinski definition) is 1. The van der Waals surface area contributed by atoms with E-state index < -0.39 is 22.1 Å². The summed E-state index contributed by atoms with van der Waals surface area (Å²) in [5.74, 6) is -0.481. The second-order valence-electron chi connectivity index (χ2n) is 7.61. The Morgan fingerprint density at radius 1 is 0.879 bits per heavy atom. The lowest BCUT2D eigenvalue weighted by Crippen LogP contribution is -2.46. The zero-order valence-corrected chi connectivity index (χ0v) is 18.5. The Labute approximate surface area is 191 Å². The number of nitrogens with zero attached hydrogens (tertiary/aromatic N) is 3. The van der Waals surface area contributed by atoms with Gasteiger partial charge in [-0.2, -0.15) is 4.72 Å². The van der Waals surface area contributed by atoms with Crippen LogP contribution in [0.4, 0.5) is 5.69 Å². The monoisotopic (exact) mass is 456 g/mol. The van der Waals surface area contributed by atoms with Gasteiger partial charge in [0.05, 0.1) is 16.9 Å². The van der Waals surface area contributed by atoms with Crippen LogP contribution in [0.5, 0.6) is 0 Å². The molecule has 0 aliphatic carbocycles. The lowest BCUT2D eigenvalue weighted by molar-refractivity contribution is -0.119. The number of hydrogen-bond acceptors (Lipinski definition) is 5. The van der Waals surface area contributed by atoms with E-state index in [0.717, 1.165) is 11.1 Å². The number of benzodiazepines with no additional fused rings is 1. The third-order valence-electron chi connectivity index (χ3n) is 5.54. The number of carbonyl (C=O) groups excluding carboxylic acids is 1. The molecule has 164 valence electrons. The first-order chi connectivity index (χ1) is 16.0. The van der Waals surface area contributed by atoms with E-state index in [1.54, 1.807) is 31.3 Å². The number of benzene rings is 3. The van der Waals surface area contributed by atoms with Crippen molar-refractivity contribution in [1.29, 1.82) is 0 Å². The molecule has 1 unspecified atom stereocenters. The average Bonchev–Trinajstić information content (AvgIpc) is 2.95. The molecule has 8 heteroatoms. The molecule has 0 saturated carbocycles. The molecule has 3 aromatic carbocycles. The molecule has 1 aliphatic heterocycles. The van der Waals surface area contributed by atoms with Gasteiger partial charge in [-0.05, 0) is 18.2 Å². The van der Waals surface area contributed by atoms with Gasteiger partial charge in [0.2, 0.25) is 10.0 Å². The summed E-state index contributed by atoms with van der Waals surface area (Å²) in [6, 6.07) is 25.2. The topological polar surface area (TPSA) is 91.7 Å². The molecule has 1 amide bonds. The smallest absolute Gasteiger partial charge is 0.267 e. The average molecular weight is 457 g/mol. The molecule has 0 fully saturated rings. The summed E-state index contributed by atoms with van der Waals surface area (Å²) in [6.07, 6.45) is 0.190. The number of nitrogens with one attached hydrogen (secondary N) is 1. The van der Waals surface area contributed by atoms with Crippen molar-refractivity contribution in [2.24, 2.45) is 4.99 Å². The van der Waals surface area contributed by atoms with Crippen LogP contribution in [0, 0.1) is 0 Å². The quantitative estimate of drug-likeness (QED) is 0.510. The van der Waals surface area contributed by atoms with Gasteiger partial charge in [0.15, 0.2) is 6.17 Å². The van der Waals surface area contributed by atoms with Gasteiger partial charge < -0.3 is 4.90 Å². The van der Waals surface area contributed by atoms with E-state index >= 15 is 0 Å². The van der Waals surface area contributed by atoms with Crippen molar-refractivity contribution in [2.45, 2.75) is 11.1 Å². The lowest BCUT2D eigenvalue weighted by Gasteiger charge is -2.21. The summed E-state index contributed by atoms with van der Waals surface area (Å²) in [4.78, 5) is 23.6. The Morgan fingerprint density at radius 3 is 2.42 bits per heavy atom. The van der Waals surface area contributed by atoms with E-state index in [-0.39, 0.29) is 4.90 Å². The number of aliphatic imine (C=N–C) groups is 1. The summed E-state index contributed by atoms with van der Waals surface area (Å²) in [6.45, 7) is 0. The summed E-state index contributed by atoms with van der Waals surface area (Å²) in [5.41, 5.74) is 3.04. The minimum absolute atomic E-state index is 0.00530. The first-order valence-corrected chi connectivity index (χ1v) is 11.8. The van der Waals surface area contributed by atoms with Crippen molar-refractivity contribution in [2.75, 3.05) is 11.9 Å². The number of anilines is 1. The van der Waals surface area contributed by atoms with Crippen LogP contribution in [0.25, 0.3) is 10.9 Å². The number of sulfonamides is 1. The van der Waals surface area contributed by atoms with Gasteiger partial charge in [-0.25, -0.2) is 8.42 Å². The molecule has 2 heterocycles. The van der Waals surface area contributed by atoms with Crippen molar-refractivity contribution in [3.8, 4) is 0 Å². The van der Waals surface area contributed by atoms with E-state index in [1.165, 1.54) is 17.2 Å². The Bertz CT molecular complexity index is 1500. The number of aromatic nitrogens is 1. The summed E-state index contributed by atoms with van der Waals surface area (Å²) >= 11 is 0. The lowest BCUT2D eigenvalue weighted by atomic mass is 10.0. The number of carbonyl (C=O) groups is 1. The van der Waals surface area contributed by atoms with Crippen molar-refractivity contribution >= 4 is 38.2 Å². The summed E-state index contributed by atoms with van der Waals surface area (Å²) < 4.78 is 29.3. The third kappa shape index (κ3) is 3.79. The van der Waals surface area contributed by atoms with E-state index in [4.69, 9.17) is 0 Å². The molecular formula is C25H20N4O3S. The van der Waals surface area contributed by atoms with Crippen LogP contribution < -0.4 is 9.62 Å². The fourth-order valence-electron chi connectivity index (χ4n) is 3.93. The van der Waals surface area contributed by atoms with Crippen LogP contribution in [0.3, 0.4) is 0 Å². The van der Waals surface area contributed by atoms with Crippen LogP contribution in [0.1, 0.15) is 11.1 Å². The van der Waals surface area contributed by atoms with Gasteiger partial charge in [0.1, 0.15) is 4.90 Å². The molecular weight excluding hydrogens is 436 g/mol. The number of amides is 1. The van der Waals surface area contributed by atoms with Gasteiger partial charge >= 0.3 is 0 Å². The van der Waals surface area contributed by atoms with E-state index in [2.05, 4.69) is 14.7 Å². The molecule has 0 radical (unpaired) electrons. The highest BCUT2D eigenvalue weighted by Gasteiger charge is 2.33. The first-order valence-electron chi connectivity index (χ1n) is 10.3. The van der Waals surface area contributed by atoms with Crippen LogP contribution in [0.2, 0.25) is 0 Å². The van der Waals surface area contributed by atoms with Crippen molar-refractivity contribution in [3.05, 3.63) is 102 Å². The third-order valence-corrected chi connectivity index (χ3v) is 6.98. The van der Waals surface area contributed by atoms with Crippen LogP contribution in [-0.4, -0.2) is 38.2 Å². The zero-order valence-electron chi connectivity index (χ0n) is 17.7. The van der Waals surface area contributed by atoms with E-state index in [1.807, 2.05) is 54.6 Å². The van der Waals surface area contributed by atoms with Crippen molar-refractivity contribution in [1.82, 2.24) is 9.71 Å². The molecule has 7 nitrogen and oxygen atoms in total. The molecule has 1 atom stereocenters. The SMILES string of the molecule is CN1C(=O)C(NS(=O)(=O)c2cccc3cccnc23)N=C(c2ccccc2)c2ccccc21. The fraction of sp³-hybridized carbons (Fsp3) is 0.0800. The van der Waals surface area contributed by atoms with Crippen LogP contribution in [0.15, 0.2) is 101 Å². The normalized spacial score (nSPS) is 16.3. The Kier molecular flexibility index (Phi) is 5.24. The predicted molar refractivity (Wildman–Crippen MR) is 128 cm³/mol. The zero-order chi connectivity index (χ0) is 23.0. The number of likely N-dealkylation sites (N-methyl/N-ethyl adjacent to an activating group) is 1. The second kappa shape index (κ2) is 8.23. The molecule has 0 saturated heterocycles. The molecule has 0 bridgehead atoms. The number of para-hydroxylation sites is 2.